The number of nitrogens with zero attached hydrogens (tertiary/aromatic N) is 4. The molecule has 2 aromatic heterocycles. The van der Waals surface area contributed by atoms with Crippen LogP contribution in [-0.4, -0.2) is 26.7 Å². The number of imidazole rings is 1. The summed E-state index contributed by atoms with van der Waals surface area (Å²) in [6.45, 7) is 4.62. The molecule has 0 spiro atoms. The summed E-state index contributed by atoms with van der Waals surface area (Å²) in [6, 6.07) is 1.99. The highest BCUT2D eigenvalue weighted by Gasteiger charge is 2.14. The molecule has 2 rings (SSSR count). The first kappa shape index (κ1) is 13.5. The summed E-state index contributed by atoms with van der Waals surface area (Å²) in [5, 5.41) is 9.53. The lowest BCUT2D eigenvalue weighted by atomic mass is 10.1. The van der Waals surface area contributed by atoms with Gasteiger partial charge < -0.3 is 14.6 Å². The molecule has 2 aromatic rings. The third-order valence-corrected chi connectivity index (χ3v) is 3.27. The van der Waals surface area contributed by atoms with E-state index < -0.39 is 0 Å². The molecule has 0 aliphatic rings. The summed E-state index contributed by atoms with van der Waals surface area (Å²) >= 11 is 0. The molecule has 0 amide bonds. The summed E-state index contributed by atoms with van der Waals surface area (Å²) in [5.74, 6) is 1.79. The van der Waals surface area contributed by atoms with Gasteiger partial charge in [-0.25, -0.2) is 9.97 Å². The third-order valence-electron chi connectivity index (χ3n) is 3.27. The summed E-state index contributed by atoms with van der Waals surface area (Å²) in [4.78, 5) is 10.9. The minimum atomic E-state index is -0.000643. The zero-order chi connectivity index (χ0) is 14.0. The van der Waals surface area contributed by atoms with E-state index in [-0.39, 0.29) is 6.61 Å². The highest BCUT2D eigenvalue weighted by molar-refractivity contribution is 5.50. The first-order valence-electron chi connectivity index (χ1n) is 6.28. The van der Waals surface area contributed by atoms with Crippen LogP contribution in [0.2, 0.25) is 0 Å². The smallest absolute Gasteiger partial charge is 0.134 e. The first-order valence-corrected chi connectivity index (χ1v) is 6.28. The number of aromatic nitrogens is 3. The summed E-state index contributed by atoms with van der Waals surface area (Å²) in [7, 11) is 3.94. The van der Waals surface area contributed by atoms with Crippen molar-refractivity contribution in [2.75, 3.05) is 11.9 Å². The Morgan fingerprint density at radius 1 is 1.37 bits per heavy atom. The minimum Gasteiger partial charge on any atom is -0.392 e. The second kappa shape index (κ2) is 5.40. The van der Waals surface area contributed by atoms with Crippen LogP contribution in [0.15, 0.2) is 18.5 Å². The standard InChI is InChI=1S/C14H20N4O/c1-10-7-11(2)16-14(12(10)9-19)18(4)8-13-15-5-6-17(13)3/h5-7,19H,8-9H2,1-4H3. The van der Waals surface area contributed by atoms with E-state index in [2.05, 4.69) is 9.97 Å². The van der Waals surface area contributed by atoms with Crippen molar-refractivity contribution in [2.45, 2.75) is 27.0 Å². The average molecular weight is 260 g/mol. The van der Waals surface area contributed by atoms with Crippen LogP contribution in [0.25, 0.3) is 0 Å². The Morgan fingerprint density at radius 3 is 2.68 bits per heavy atom. The molecular formula is C14H20N4O. The van der Waals surface area contributed by atoms with Gasteiger partial charge in [-0.05, 0) is 25.5 Å². The average Bonchev–Trinajstić information content (AvgIpc) is 2.74. The Kier molecular flexibility index (Phi) is 3.85. The molecule has 0 aliphatic heterocycles. The number of aliphatic hydroxyl groups is 1. The number of hydrogen-bond donors (Lipinski definition) is 1. The van der Waals surface area contributed by atoms with Gasteiger partial charge in [-0.2, -0.15) is 0 Å². The monoisotopic (exact) mass is 260 g/mol. The lowest BCUT2D eigenvalue weighted by Gasteiger charge is -2.22. The van der Waals surface area contributed by atoms with E-state index >= 15 is 0 Å². The molecule has 0 saturated heterocycles. The van der Waals surface area contributed by atoms with Gasteiger partial charge in [-0.1, -0.05) is 0 Å². The number of pyridine rings is 1. The molecule has 1 N–H and O–H groups in total. The second-order valence-corrected chi connectivity index (χ2v) is 4.85. The Morgan fingerprint density at radius 2 is 2.11 bits per heavy atom. The molecule has 0 atom stereocenters. The van der Waals surface area contributed by atoms with Crippen LogP contribution in [0.4, 0.5) is 5.82 Å². The van der Waals surface area contributed by atoms with Crippen LogP contribution in [0.1, 0.15) is 22.6 Å². The Labute approximate surface area is 113 Å². The number of aryl methyl sites for hydroxylation is 3. The largest absolute Gasteiger partial charge is 0.392 e. The van der Waals surface area contributed by atoms with Crippen molar-refractivity contribution in [3.8, 4) is 0 Å². The van der Waals surface area contributed by atoms with E-state index in [1.807, 2.05) is 49.7 Å². The highest BCUT2D eigenvalue weighted by atomic mass is 16.3. The van der Waals surface area contributed by atoms with Gasteiger partial charge in [0, 0.05) is 37.7 Å². The maximum atomic E-state index is 9.53. The van der Waals surface area contributed by atoms with Crippen LogP contribution in [0.5, 0.6) is 0 Å². The molecule has 5 heteroatoms. The fourth-order valence-corrected chi connectivity index (χ4v) is 2.19. The molecule has 0 aliphatic carbocycles. The molecule has 0 fully saturated rings. The Balaban J connectivity index is 2.33. The number of hydrogen-bond acceptors (Lipinski definition) is 4. The molecule has 0 radical (unpaired) electrons. The fourth-order valence-electron chi connectivity index (χ4n) is 2.19. The quantitative estimate of drug-likeness (QED) is 0.906. The molecule has 5 nitrogen and oxygen atoms in total. The molecule has 2 heterocycles. The third kappa shape index (κ3) is 2.76. The molecular weight excluding hydrogens is 240 g/mol. The predicted molar refractivity (Wildman–Crippen MR) is 74.9 cm³/mol. The maximum Gasteiger partial charge on any atom is 0.134 e. The van der Waals surface area contributed by atoms with Crippen molar-refractivity contribution in [2.24, 2.45) is 7.05 Å². The van der Waals surface area contributed by atoms with Gasteiger partial charge in [0.05, 0.1) is 13.2 Å². The van der Waals surface area contributed by atoms with E-state index in [9.17, 15) is 5.11 Å². The van der Waals surface area contributed by atoms with Crippen molar-refractivity contribution < 1.29 is 5.11 Å². The van der Waals surface area contributed by atoms with E-state index in [4.69, 9.17) is 0 Å². The second-order valence-electron chi connectivity index (χ2n) is 4.85. The van der Waals surface area contributed by atoms with Crippen molar-refractivity contribution in [3.05, 3.63) is 41.1 Å². The molecule has 0 saturated carbocycles. The van der Waals surface area contributed by atoms with Crippen LogP contribution < -0.4 is 4.90 Å². The van der Waals surface area contributed by atoms with Crippen molar-refractivity contribution in [1.82, 2.24) is 14.5 Å². The van der Waals surface area contributed by atoms with Crippen molar-refractivity contribution in [1.29, 1.82) is 0 Å². The molecule has 0 bridgehead atoms. The predicted octanol–water partition coefficient (Wildman–Crippen LogP) is 1.56. The topological polar surface area (TPSA) is 54.2 Å². The van der Waals surface area contributed by atoms with E-state index in [0.29, 0.717) is 6.54 Å². The molecule has 0 aromatic carbocycles. The highest BCUT2D eigenvalue weighted by Crippen LogP contribution is 2.22. The van der Waals surface area contributed by atoms with Gasteiger partial charge in [0.25, 0.3) is 0 Å². The van der Waals surface area contributed by atoms with Gasteiger partial charge in [-0.3, -0.25) is 0 Å². The Hall–Kier alpha value is -1.88. The van der Waals surface area contributed by atoms with Gasteiger partial charge in [-0.15, -0.1) is 0 Å². The lowest BCUT2D eigenvalue weighted by molar-refractivity contribution is 0.281. The lowest BCUT2D eigenvalue weighted by Crippen LogP contribution is -2.22. The van der Waals surface area contributed by atoms with Gasteiger partial charge in [0.15, 0.2) is 0 Å². The zero-order valence-electron chi connectivity index (χ0n) is 11.9. The zero-order valence-corrected chi connectivity index (χ0v) is 11.9. The summed E-state index contributed by atoms with van der Waals surface area (Å²) < 4.78 is 1.98. The van der Waals surface area contributed by atoms with Gasteiger partial charge in [0.1, 0.15) is 11.6 Å². The summed E-state index contributed by atoms with van der Waals surface area (Å²) in [5.41, 5.74) is 2.90. The maximum absolute atomic E-state index is 9.53. The molecule has 0 unspecified atom stereocenters. The van der Waals surface area contributed by atoms with Crippen molar-refractivity contribution in [3.63, 3.8) is 0 Å². The molecule has 19 heavy (non-hydrogen) atoms. The number of rotatable bonds is 4. The van der Waals surface area contributed by atoms with Crippen LogP contribution in [-0.2, 0) is 20.2 Å². The minimum absolute atomic E-state index is 0.000643. The first-order chi connectivity index (χ1) is 9.02. The normalized spacial score (nSPS) is 10.8. The van der Waals surface area contributed by atoms with Crippen LogP contribution in [0, 0.1) is 13.8 Å². The van der Waals surface area contributed by atoms with Gasteiger partial charge >= 0.3 is 0 Å². The number of aliphatic hydroxyl groups excluding tert-OH is 1. The van der Waals surface area contributed by atoms with Gasteiger partial charge in [0.2, 0.25) is 0 Å². The van der Waals surface area contributed by atoms with Crippen LogP contribution >= 0.6 is 0 Å². The van der Waals surface area contributed by atoms with E-state index in [1.165, 1.54) is 0 Å². The fraction of sp³-hybridized carbons (Fsp3) is 0.429. The summed E-state index contributed by atoms with van der Waals surface area (Å²) in [6.07, 6.45) is 3.70. The Bertz CT molecular complexity index is 577. The molecule has 102 valence electrons. The van der Waals surface area contributed by atoms with Crippen LogP contribution in [0.3, 0.4) is 0 Å². The SMILES string of the molecule is Cc1cc(C)c(CO)c(N(C)Cc2nccn2C)n1. The van der Waals surface area contributed by atoms with E-state index in [0.717, 1.165) is 28.5 Å². The van der Waals surface area contributed by atoms with E-state index in [1.54, 1.807) is 6.20 Å². The van der Waals surface area contributed by atoms with Crippen molar-refractivity contribution >= 4 is 5.82 Å². The number of anilines is 1.